The average Bonchev–Trinajstić information content (AvgIpc) is 3.12. The van der Waals surface area contributed by atoms with E-state index in [2.05, 4.69) is 25.4 Å². The van der Waals surface area contributed by atoms with Gasteiger partial charge in [0.1, 0.15) is 25.1 Å². The van der Waals surface area contributed by atoms with Gasteiger partial charge in [-0.15, -0.1) is 11.3 Å². The first-order chi connectivity index (χ1) is 13.0. The molecule has 7 nitrogen and oxygen atoms in total. The lowest BCUT2D eigenvalue weighted by Crippen LogP contribution is -2.07. The molecule has 3 aromatic rings. The Hall–Kier alpha value is -3.00. The number of ether oxygens (including phenoxy) is 1. The summed E-state index contributed by atoms with van der Waals surface area (Å²) in [5, 5.41) is 7.17. The summed E-state index contributed by atoms with van der Waals surface area (Å²) in [7, 11) is 1.54. The third kappa shape index (κ3) is 5.01. The minimum atomic E-state index is 0.0485. The van der Waals surface area contributed by atoms with Gasteiger partial charge in [0.05, 0.1) is 27.3 Å². The summed E-state index contributed by atoms with van der Waals surface area (Å²) in [6, 6.07) is 11.6. The van der Waals surface area contributed by atoms with Gasteiger partial charge in [0.15, 0.2) is 0 Å². The predicted octanol–water partition coefficient (Wildman–Crippen LogP) is 4.50. The zero-order valence-corrected chi connectivity index (χ0v) is 16.4. The summed E-state index contributed by atoms with van der Waals surface area (Å²) < 4.78 is 5.60. The van der Waals surface area contributed by atoms with Crippen LogP contribution in [0, 0.1) is 0 Å². The highest BCUT2D eigenvalue weighted by molar-refractivity contribution is 7.17. The Morgan fingerprint density at radius 3 is 2.78 bits per heavy atom. The molecule has 0 amide bonds. The minimum absolute atomic E-state index is 0.0485. The highest BCUT2D eigenvalue weighted by atomic mass is 32.1. The maximum atomic E-state index is 5.60. The van der Waals surface area contributed by atoms with Crippen LogP contribution in [0.25, 0.3) is 10.6 Å². The fraction of sp³-hybridized carbons (Fsp3) is 0.263. The van der Waals surface area contributed by atoms with Crippen LogP contribution >= 0.6 is 11.3 Å². The Labute approximate surface area is 162 Å². The molecule has 3 rings (SSSR count). The second kappa shape index (κ2) is 8.59. The van der Waals surface area contributed by atoms with Crippen molar-refractivity contribution in [3.8, 4) is 16.5 Å². The van der Waals surface area contributed by atoms with Gasteiger partial charge in [-0.1, -0.05) is 11.2 Å². The minimum Gasteiger partial charge on any atom is -0.475 e. The average molecular weight is 383 g/mol. The third-order valence-corrected chi connectivity index (χ3v) is 4.66. The number of hydrogen-bond acceptors (Lipinski definition) is 8. The summed E-state index contributed by atoms with van der Waals surface area (Å²) in [5.41, 5.74) is 1.70. The molecule has 0 unspecified atom stereocenters. The lowest BCUT2D eigenvalue weighted by atomic mass is 10.3. The molecule has 0 bridgehead atoms. The Morgan fingerprint density at radius 2 is 2.00 bits per heavy atom. The smallest absolute Gasteiger partial charge is 0.218 e. The molecule has 0 atom stereocenters. The van der Waals surface area contributed by atoms with E-state index in [0.29, 0.717) is 17.5 Å². The van der Waals surface area contributed by atoms with Crippen molar-refractivity contribution >= 4 is 28.7 Å². The largest absolute Gasteiger partial charge is 0.475 e. The van der Waals surface area contributed by atoms with E-state index in [0.717, 1.165) is 21.2 Å². The zero-order valence-electron chi connectivity index (χ0n) is 15.6. The first-order valence-corrected chi connectivity index (χ1v) is 9.28. The van der Waals surface area contributed by atoms with Crippen LogP contribution in [-0.4, -0.2) is 33.9 Å². The third-order valence-electron chi connectivity index (χ3n) is 3.45. The molecule has 0 aliphatic rings. The number of nitrogens with one attached hydrogen (secondary N) is 1. The van der Waals surface area contributed by atoms with Gasteiger partial charge in [-0.2, -0.15) is 0 Å². The molecule has 0 aromatic carbocycles. The van der Waals surface area contributed by atoms with Crippen molar-refractivity contribution in [3.05, 3.63) is 47.6 Å². The SMILES string of the molecule is CO/N=C(\C)c1ccc(-c2cccc(Nc3cc(OC(C)C)ncn3)n2)s1. The standard InChI is InChI=1S/C19H21N5O2S/c1-12(2)26-19-10-18(20-11-21-19)23-17-7-5-6-14(22-17)16-9-8-15(27-16)13(3)24-25-4/h5-12H,1-4H3,(H,20,21,22,23)/b24-13+. The molecular weight excluding hydrogens is 362 g/mol. The van der Waals surface area contributed by atoms with Gasteiger partial charge in [0.25, 0.3) is 0 Å². The summed E-state index contributed by atoms with van der Waals surface area (Å²) in [5.74, 6) is 1.84. The summed E-state index contributed by atoms with van der Waals surface area (Å²) >= 11 is 1.61. The quantitative estimate of drug-likeness (QED) is 0.478. The van der Waals surface area contributed by atoms with E-state index in [4.69, 9.17) is 9.57 Å². The molecule has 0 aliphatic heterocycles. The number of nitrogens with zero attached hydrogens (tertiary/aromatic N) is 4. The zero-order chi connectivity index (χ0) is 19.2. The van der Waals surface area contributed by atoms with Crippen molar-refractivity contribution < 1.29 is 9.57 Å². The molecule has 8 heteroatoms. The molecule has 3 heterocycles. The van der Waals surface area contributed by atoms with Gasteiger partial charge in [-0.25, -0.2) is 15.0 Å². The molecule has 0 aliphatic carbocycles. The van der Waals surface area contributed by atoms with Crippen molar-refractivity contribution in [1.82, 2.24) is 15.0 Å². The van der Waals surface area contributed by atoms with Crippen molar-refractivity contribution in [2.75, 3.05) is 12.4 Å². The summed E-state index contributed by atoms with van der Waals surface area (Å²) in [4.78, 5) is 19.9. The normalized spacial score (nSPS) is 11.5. The molecule has 0 saturated heterocycles. The summed E-state index contributed by atoms with van der Waals surface area (Å²) in [6.07, 6.45) is 1.51. The maximum absolute atomic E-state index is 5.60. The highest BCUT2D eigenvalue weighted by Crippen LogP contribution is 2.28. The van der Waals surface area contributed by atoms with Crippen LogP contribution in [0.1, 0.15) is 25.6 Å². The van der Waals surface area contributed by atoms with Gasteiger partial charge >= 0.3 is 0 Å². The van der Waals surface area contributed by atoms with Gasteiger partial charge in [-0.3, -0.25) is 0 Å². The van der Waals surface area contributed by atoms with E-state index in [-0.39, 0.29) is 6.10 Å². The monoisotopic (exact) mass is 383 g/mol. The number of anilines is 2. The molecule has 3 aromatic heterocycles. The van der Waals surface area contributed by atoms with Crippen LogP contribution in [-0.2, 0) is 4.84 Å². The Kier molecular flexibility index (Phi) is 5.97. The number of thiophene rings is 1. The van der Waals surface area contributed by atoms with Crippen molar-refractivity contribution in [1.29, 1.82) is 0 Å². The lowest BCUT2D eigenvalue weighted by molar-refractivity contribution is 0.213. The molecule has 27 heavy (non-hydrogen) atoms. The molecule has 0 fully saturated rings. The second-order valence-electron chi connectivity index (χ2n) is 5.96. The van der Waals surface area contributed by atoms with E-state index in [1.165, 1.54) is 6.33 Å². The van der Waals surface area contributed by atoms with Crippen LogP contribution in [0.5, 0.6) is 5.88 Å². The van der Waals surface area contributed by atoms with Crippen LogP contribution in [0.15, 0.2) is 47.9 Å². The van der Waals surface area contributed by atoms with Crippen molar-refractivity contribution in [2.24, 2.45) is 5.16 Å². The Morgan fingerprint density at radius 1 is 1.15 bits per heavy atom. The fourth-order valence-corrected chi connectivity index (χ4v) is 3.25. The summed E-state index contributed by atoms with van der Waals surface area (Å²) in [6.45, 7) is 5.82. The topological polar surface area (TPSA) is 81.5 Å². The van der Waals surface area contributed by atoms with Crippen molar-refractivity contribution in [2.45, 2.75) is 26.9 Å². The van der Waals surface area contributed by atoms with E-state index in [1.54, 1.807) is 24.5 Å². The fourth-order valence-electron chi connectivity index (χ4n) is 2.34. The van der Waals surface area contributed by atoms with E-state index >= 15 is 0 Å². The van der Waals surface area contributed by atoms with Crippen LogP contribution in [0.3, 0.4) is 0 Å². The molecule has 0 saturated carbocycles. The van der Waals surface area contributed by atoms with Gasteiger partial charge in [0, 0.05) is 6.07 Å². The molecule has 0 radical (unpaired) electrons. The number of oxime groups is 1. The van der Waals surface area contributed by atoms with Crippen molar-refractivity contribution in [3.63, 3.8) is 0 Å². The predicted molar refractivity (Wildman–Crippen MR) is 108 cm³/mol. The van der Waals surface area contributed by atoms with E-state index < -0.39 is 0 Å². The Balaban J connectivity index is 1.79. The number of rotatable bonds is 7. The van der Waals surface area contributed by atoms with Gasteiger partial charge in [-0.05, 0) is 45.0 Å². The first-order valence-electron chi connectivity index (χ1n) is 8.46. The van der Waals surface area contributed by atoms with Gasteiger partial charge in [0.2, 0.25) is 5.88 Å². The first kappa shape index (κ1) is 18.8. The number of hydrogen-bond donors (Lipinski definition) is 1. The second-order valence-corrected chi connectivity index (χ2v) is 7.05. The molecule has 1 N–H and O–H groups in total. The van der Waals surface area contributed by atoms with Crippen LogP contribution in [0.2, 0.25) is 0 Å². The molecule has 0 spiro atoms. The van der Waals surface area contributed by atoms with Gasteiger partial charge < -0.3 is 14.9 Å². The number of pyridine rings is 1. The molecular formula is C19H21N5O2S. The maximum Gasteiger partial charge on any atom is 0.218 e. The number of aromatic nitrogens is 3. The Bertz CT molecular complexity index is 939. The van der Waals surface area contributed by atoms with E-state index in [9.17, 15) is 0 Å². The van der Waals surface area contributed by atoms with E-state index in [1.807, 2.05) is 51.1 Å². The lowest BCUT2D eigenvalue weighted by Gasteiger charge is -2.10. The van der Waals surface area contributed by atoms with Crippen LogP contribution < -0.4 is 10.1 Å². The molecule has 140 valence electrons. The van der Waals surface area contributed by atoms with Crippen LogP contribution in [0.4, 0.5) is 11.6 Å². The highest BCUT2D eigenvalue weighted by Gasteiger charge is 2.09.